The number of nitrogens with zero attached hydrogens (tertiary/aromatic N) is 1. The van der Waals surface area contributed by atoms with Crippen LogP contribution in [0.3, 0.4) is 0 Å². The highest BCUT2D eigenvalue weighted by atomic mass is 16.6. The number of aliphatic hydroxyl groups is 3. The van der Waals surface area contributed by atoms with Crippen LogP contribution in [-0.4, -0.2) is 65.8 Å². The van der Waals surface area contributed by atoms with Crippen LogP contribution in [0.15, 0.2) is 24.3 Å². The molecule has 0 bridgehead atoms. The lowest BCUT2D eigenvalue weighted by molar-refractivity contribution is -0.903. The monoisotopic (exact) mass is 301 g/mol. The first-order chi connectivity index (χ1) is 10.1. The molecule has 0 aromatic heterocycles. The first kappa shape index (κ1) is 17.3. The van der Waals surface area contributed by atoms with Crippen LogP contribution in [-0.2, 0) is 0 Å². The number of non-ortho nitro benzene ring substituents is 1. The molecule has 0 aliphatic heterocycles. The molecule has 1 atom stereocenters. The molecule has 21 heavy (non-hydrogen) atoms. The van der Waals surface area contributed by atoms with Crippen molar-refractivity contribution in [1.29, 1.82) is 0 Å². The fourth-order valence-corrected chi connectivity index (χ4v) is 1.89. The predicted octanol–water partition coefficient (Wildman–Crippen LogP) is -1.80. The van der Waals surface area contributed by atoms with Gasteiger partial charge in [0.05, 0.1) is 18.1 Å². The second kappa shape index (κ2) is 9.24. The third-order valence-electron chi connectivity index (χ3n) is 2.94. The maximum atomic E-state index is 10.5. The number of aliphatic hydroxyl groups excluding tert-OH is 3. The Labute approximate surface area is 122 Å². The number of benzene rings is 1. The molecular formula is C13H21N2O6+. The molecular weight excluding hydrogens is 280 g/mol. The fraction of sp³-hybridized carbons (Fsp3) is 0.538. The number of hydrogen-bond acceptors (Lipinski definition) is 6. The van der Waals surface area contributed by atoms with E-state index in [2.05, 4.69) is 0 Å². The number of rotatable bonds is 10. The lowest BCUT2D eigenvalue weighted by Crippen LogP contribution is -3.14. The van der Waals surface area contributed by atoms with Crippen molar-refractivity contribution in [3.63, 3.8) is 0 Å². The van der Waals surface area contributed by atoms with E-state index in [9.17, 15) is 15.2 Å². The Balaban J connectivity index is 2.40. The van der Waals surface area contributed by atoms with Crippen molar-refractivity contribution in [3.05, 3.63) is 34.4 Å². The lowest BCUT2D eigenvalue weighted by Gasteiger charge is -2.20. The number of nitrogens with one attached hydrogen (secondary N) is 1. The average molecular weight is 301 g/mol. The predicted molar refractivity (Wildman–Crippen MR) is 74.3 cm³/mol. The van der Waals surface area contributed by atoms with Gasteiger partial charge in [-0.3, -0.25) is 10.1 Å². The van der Waals surface area contributed by atoms with E-state index in [-0.39, 0.29) is 25.5 Å². The Kier molecular flexibility index (Phi) is 7.62. The van der Waals surface area contributed by atoms with Gasteiger partial charge in [0.2, 0.25) is 0 Å². The molecule has 118 valence electrons. The Bertz CT molecular complexity index is 419. The van der Waals surface area contributed by atoms with Crippen LogP contribution < -0.4 is 9.64 Å². The topological polar surface area (TPSA) is 118 Å². The summed E-state index contributed by atoms with van der Waals surface area (Å²) in [6.45, 7) is 1.22. The van der Waals surface area contributed by atoms with Crippen molar-refractivity contribution in [3.8, 4) is 5.75 Å². The summed E-state index contributed by atoms with van der Waals surface area (Å²) in [4.78, 5) is 10.9. The van der Waals surface area contributed by atoms with E-state index in [1.54, 1.807) is 0 Å². The lowest BCUT2D eigenvalue weighted by atomic mass is 10.3. The zero-order valence-electron chi connectivity index (χ0n) is 11.6. The van der Waals surface area contributed by atoms with Crippen LogP contribution >= 0.6 is 0 Å². The molecule has 8 nitrogen and oxygen atoms in total. The Morgan fingerprint density at radius 1 is 1.19 bits per heavy atom. The van der Waals surface area contributed by atoms with Crippen LogP contribution in [0.5, 0.6) is 5.75 Å². The number of nitro groups is 1. The molecule has 0 radical (unpaired) electrons. The molecule has 0 spiro atoms. The maximum absolute atomic E-state index is 10.5. The highest BCUT2D eigenvalue weighted by molar-refractivity contribution is 5.35. The van der Waals surface area contributed by atoms with Gasteiger partial charge in [0.15, 0.2) is 0 Å². The fourth-order valence-electron chi connectivity index (χ4n) is 1.89. The van der Waals surface area contributed by atoms with Crippen LogP contribution in [0, 0.1) is 10.1 Å². The van der Waals surface area contributed by atoms with E-state index in [4.69, 9.17) is 14.9 Å². The number of ether oxygens (including phenoxy) is 1. The highest BCUT2D eigenvalue weighted by Crippen LogP contribution is 2.17. The molecule has 1 rings (SSSR count). The number of nitro benzene ring substituents is 1. The summed E-state index contributed by atoms with van der Waals surface area (Å²) in [6.07, 6.45) is -0.756. The van der Waals surface area contributed by atoms with Gasteiger partial charge in [-0.25, -0.2) is 0 Å². The smallest absolute Gasteiger partial charge is 0.269 e. The zero-order chi connectivity index (χ0) is 15.7. The average Bonchev–Trinajstić information content (AvgIpc) is 2.46. The van der Waals surface area contributed by atoms with Gasteiger partial charge in [-0.15, -0.1) is 0 Å². The minimum absolute atomic E-state index is 0.0226. The maximum Gasteiger partial charge on any atom is 0.269 e. The van der Waals surface area contributed by atoms with Crippen molar-refractivity contribution in [1.82, 2.24) is 0 Å². The van der Waals surface area contributed by atoms with Gasteiger partial charge in [-0.05, 0) is 12.1 Å². The molecule has 0 saturated heterocycles. The highest BCUT2D eigenvalue weighted by Gasteiger charge is 2.15. The summed E-state index contributed by atoms with van der Waals surface area (Å²) in [7, 11) is 0. The second-order valence-corrected chi connectivity index (χ2v) is 4.62. The summed E-state index contributed by atoms with van der Waals surface area (Å²) in [5, 5.41) is 38.1. The van der Waals surface area contributed by atoms with Gasteiger partial charge in [0.1, 0.15) is 38.1 Å². The molecule has 1 aromatic rings. The van der Waals surface area contributed by atoms with Crippen LogP contribution in [0.4, 0.5) is 5.69 Å². The normalized spacial score (nSPS) is 12.4. The number of hydrogen-bond donors (Lipinski definition) is 4. The summed E-state index contributed by atoms with van der Waals surface area (Å²) < 4.78 is 5.35. The van der Waals surface area contributed by atoms with Crippen molar-refractivity contribution < 1.29 is 29.9 Å². The molecule has 0 amide bonds. The van der Waals surface area contributed by atoms with Gasteiger partial charge in [-0.2, -0.15) is 0 Å². The van der Waals surface area contributed by atoms with Gasteiger partial charge in [-0.1, -0.05) is 0 Å². The Morgan fingerprint density at radius 3 is 2.24 bits per heavy atom. The van der Waals surface area contributed by atoms with Gasteiger partial charge >= 0.3 is 0 Å². The third-order valence-corrected chi connectivity index (χ3v) is 2.94. The van der Waals surface area contributed by atoms with E-state index < -0.39 is 11.0 Å². The summed E-state index contributed by atoms with van der Waals surface area (Å²) >= 11 is 0. The second-order valence-electron chi connectivity index (χ2n) is 4.62. The van der Waals surface area contributed by atoms with Crippen molar-refractivity contribution in [2.45, 2.75) is 6.10 Å². The van der Waals surface area contributed by atoms with E-state index >= 15 is 0 Å². The molecule has 0 fully saturated rings. The van der Waals surface area contributed by atoms with Crippen LogP contribution in [0.25, 0.3) is 0 Å². The van der Waals surface area contributed by atoms with E-state index in [0.717, 1.165) is 4.90 Å². The largest absolute Gasteiger partial charge is 0.491 e. The molecule has 0 aliphatic rings. The van der Waals surface area contributed by atoms with Crippen molar-refractivity contribution >= 4 is 5.69 Å². The molecule has 0 aliphatic carbocycles. The summed E-state index contributed by atoms with van der Waals surface area (Å²) in [5.74, 6) is 0.436. The SMILES string of the molecule is O=[N+]([O-])c1ccc(OC[C@@H](O)C[NH+](CCO)CCO)cc1. The van der Waals surface area contributed by atoms with Crippen molar-refractivity contribution in [2.24, 2.45) is 0 Å². The number of quaternary nitrogens is 1. The molecule has 0 heterocycles. The Hall–Kier alpha value is -1.74. The zero-order valence-corrected chi connectivity index (χ0v) is 11.6. The first-order valence-electron chi connectivity index (χ1n) is 6.67. The summed E-state index contributed by atoms with van der Waals surface area (Å²) in [6, 6.07) is 5.60. The standard InChI is InChI=1S/C13H20N2O6/c16-7-5-14(6-8-17)9-12(18)10-21-13-3-1-11(2-4-13)15(19)20/h1-4,12,16-18H,5-10H2/p+1/t12-/m0/s1. The molecule has 8 heteroatoms. The van der Waals surface area contributed by atoms with Gasteiger partial charge < -0.3 is 25.0 Å². The molecule has 4 N–H and O–H groups in total. The third kappa shape index (κ3) is 6.50. The van der Waals surface area contributed by atoms with E-state index in [1.165, 1.54) is 24.3 Å². The van der Waals surface area contributed by atoms with Crippen LogP contribution in [0.2, 0.25) is 0 Å². The van der Waals surface area contributed by atoms with Gasteiger partial charge in [0.25, 0.3) is 5.69 Å². The van der Waals surface area contributed by atoms with Crippen LogP contribution in [0.1, 0.15) is 0 Å². The van der Waals surface area contributed by atoms with E-state index in [0.29, 0.717) is 25.4 Å². The molecule has 0 saturated carbocycles. The quantitative estimate of drug-likeness (QED) is 0.299. The van der Waals surface area contributed by atoms with Gasteiger partial charge in [0, 0.05) is 12.1 Å². The molecule has 0 unspecified atom stereocenters. The minimum atomic E-state index is -0.756. The minimum Gasteiger partial charge on any atom is -0.491 e. The summed E-state index contributed by atoms with van der Waals surface area (Å²) in [5.41, 5.74) is -0.0237. The van der Waals surface area contributed by atoms with Crippen molar-refractivity contribution in [2.75, 3.05) is 39.5 Å². The Morgan fingerprint density at radius 2 is 1.76 bits per heavy atom. The first-order valence-corrected chi connectivity index (χ1v) is 6.67. The van der Waals surface area contributed by atoms with E-state index in [1.807, 2.05) is 0 Å². The molecule has 1 aromatic carbocycles.